The molecule has 0 spiro atoms. The van der Waals surface area contributed by atoms with E-state index < -0.39 is 30.1 Å². The van der Waals surface area contributed by atoms with Gasteiger partial charge in [-0.05, 0) is 56.5 Å². The van der Waals surface area contributed by atoms with Crippen molar-refractivity contribution in [3.05, 3.63) is 63.5 Å². The van der Waals surface area contributed by atoms with Gasteiger partial charge in [-0.2, -0.15) is 13.2 Å². The van der Waals surface area contributed by atoms with Crippen molar-refractivity contribution >= 4 is 18.0 Å². The van der Waals surface area contributed by atoms with E-state index in [9.17, 15) is 22.4 Å². The minimum Gasteiger partial charge on any atom is -0.457 e. The van der Waals surface area contributed by atoms with Crippen LogP contribution >= 0.6 is 0 Å². The fraction of sp³-hybridized carbons (Fsp3) is 0.364. The van der Waals surface area contributed by atoms with Crippen molar-refractivity contribution in [3.63, 3.8) is 0 Å². The van der Waals surface area contributed by atoms with Crippen LogP contribution in [0.25, 0.3) is 0 Å². The van der Waals surface area contributed by atoms with Crippen molar-refractivity contribution in [1.29, 1.82) is 0 Å². The molecule has 30 heavy (non-hydrogen) atoms. The van der Waals surface area contributed by atoms with E-state index in [0.717, 1.165) is 35.5 Å². The van der Waals surface area contributed by atoms with Crippen LogP contribution in [0.1, 0.15) is 45.1 Å². The van der Waals surface area contributed by atoms with Crippen LogP contribution in [0, 0.1) is 26.6 Å². The summed E-state index contributed by atoms with van der Waals surface area (Å²) in [5, 5.41) is 0. The number of ether oxygens (including phenoxy) is 1. The zero-order chi connectivity index (χ0) is 22.6. The predicted octanol–water partition coefficient (Wildman–Crippen LogP) is 5.74. The summed E-state index contributed by atoms with van der Waals surface area (Å²) < 4.78 is 57.8. The maximum atomic E-state index is 14.1. The number of benzene rings is 2. The highest BCUT2D eigenvalue weighted by atomic mass is 19.4. The highest BCUT2D eigenvalue weighted by Crippen LogP contribution is 2.33. The second-order valence-corrected chi connectivity index (χ2v) is 7.01. The zero-order valence-electron chi connectivity index (χ0n) is 17.5. The molecule has 0 amide bonds. The summed E-state index contributed by atoms with van der Waals surface area (Å²) >= 11 is 0. The smallest absolute Gasteiger partial charge is 0.419 e. The van der Waals surface area contributed by atoms with Gasteiger partial charge in [0.15, 0.2) is 0 Å². The van der Waals surface area contributed by atoms with Crippen LogP contribution in [0.3, 0.4) is 0 Å². The summed E-state index contributed by atoms with van der Waals surface area (Å²) in [6, 6.07) is 4.50. The van der Waals surface area contributed by atoms with Crippen molar-refractivity contribution in [2.24, 2.45) is 4.99 Å². The lowest BCUT2D eigenvalue weighted by molar-refractivity contribution is -0.140. The Kier molecular flexibility index (Phi) is 7.23. The second-order valence-electron chi connectivity index (χ2n) is 7.01. The number of aliphatic imine (C=N–C) groups is 1. The minimum atomic E-state index is -4.82. The Balaban J connectivity index is 2.26. The summed E-state index contributed by atoms with van der Waals surface area (Å²) in [5.41, 5.74) is 1.44. The van der Waals surface area contributed by atoms with Crippen LogP contribution in [-0.4, -0.2) is 30.8 Å². The number of hydrogen-bond acceptors (Lipinski definition) is 3. The average Bonchev–Trinajstić information content (AvgIpc) is 2.68. The molecule has 2 rings (SSSR count). The van der Waals surface area contributed by atoms with Crippen LogP contribution < -0.4 is 0 Å². The van der Waals surface area contributed by atoms with E-state index in [2.05, 4.69) is 4.99 Å². The quantitative estimate of drug-likeness (QED) is 0.257. The number of aryl methyl sites for hydroxylation is 1. The van der Waals surface area contributed by atoms with Gasteiger partial charge in [-0.1, -0.05) is 12.1 Å². The molecular formula is C22H24F4N2O2. The Morgan fingerprint density at radius 1 is 1.20 bits per heavy atom. The Morgan fingerprint density at radius 3 is 2.47 bits per heavy atom. The van der Waals surface area contributed by atoms with Crippen LogP contribution in [0.15, 0.2) is 29.3 Å². The van der Waals surface area contributed by atoms with Gasteiger partial charge in [-0.3, -0.25) is 0 Å². The van der Waals surface area contributed by atoms with Crippen molar-refractivity contribution in [2.45, 2.75) is 40.5 Å². The van der Waals surface area contributed by atoms with Crippen LogP contribution in [0.4, 0.5) is 23.2 Å². The molecule has 0 aromatic heterocycles. The third-order valence-electron chi connectivity index (χ3n) is 4.90. The highest BCUT2D eigenvalue weighted by Gasteiger charge is 2.34. The van der Waals surface area contributed by atoms with Crippen molar-refractivity contribution in [3.8, 4) is 0 Å². The van der Waals surface area contributed by atoms with Crippen molar-refractivity contribution in [1.82, 2.24) is 4.90 Å². The summed E-state index contributed by atoms with van der Waals surface area (Å²) in [6.45, 7) is 7.53. The summed E-state index contributed by atoms with van der Waals surface area (Å²) in [4.78, 5) is 18.9. The molecule has 0 aliphatic rings. The SMILES string of the molecule is CCN(C)/C=N/c1c(C)cc(C(=O)OCc2cccc(C(F)(F)F)c2F)c(C)c1C. The highest BCUT2D eigenvalue weighted by molar-refractivity contribution is 5.93. The molecule has 0 aliphatic carbocycles. The molecule has 0 unspecified atom stereocenters. The molecule has 0 bridgehead atoms. The van der Waals surface area contributed by atoms with Gasteiger partial charge < -0.3 is 9.64 Å². The number of nitrogens with zero attached hydrogens (tertiary/aromatic N) is 2. The molecule has 8 heteroatoms. The zero-order valence-corrected chi connectivity index (χ0v) is 17.5. The molecule has 2 aromatic rings. The van der Waals surface area contributed by atoms with E-state index >= 15 is 0 Å². The Morgan fingerprint density at radius 2 is 1.87 bits per heavy atom. The molecule has 162 valence electrons. The molecule has 0 aliphatic heterocycles. The standard InChI is InChI=1S/C22H24F4N2O2/c1-6-28(5)12-27-20-13(2)10-17(14(3)15(20)4)21(29)30-11-16-8-7-9-18(19(16)23)22(24,25)26/h7-10,12H,6,11H2,1-5H3/b27-12+. The number of hydrogen-bond donors (Lipinski definition) is 0. The molecule has 0 heterocycles. The lowest BCUT2D eigenvalue weighted by Crippen LogP contribution is -2.14. The van der Waals surface area contributed by atoms with E-state index in [1.54, 1.807) is 26.3 Å². The predicted molar refractivity (Wildman–Crippen MR) is 108 cm³/mol. The Hall–Kier alpha value is -2.90. The largest absolute Gasteiger partial charge is 0.457 e. The first-order chi connectivity index (χ1) is 14.0. The van der Waals surface area contributed by atoms with Gasteiger partial charge in [-0.15, -0.1) is 0 Å². The minimum absolute atomic E-state index is 0.264. The topological polar surface area (TPSA) is 41.9 Å². The molecule has 0 saturated heterocycles. The number of halogens is 4. The van der Waals surface area contributed by atoms with E-state index in [1.165, 1.54) is 0 Å². The van der Waals surface area contributed by atoms with Gasteiger partial charge >= 0.3 is 12.1 Å². The van der Waals surface area contributed by atoms with Gasteiger partial charge in [0.2, 0.25) is 0 Å². The Labute approximate surface area is 173 Å². The second kappa shape index (κ2) is 9.28. The molecule has 0 saturated carbocycles. The molecular weight excluding hydrogens is 400 g/mol. The summed E-state index contributed by atoms with van der Waals surface area (Å²) in [7, 11) is 1.89. The normalized spacial score (nSPS) is 11.8. The van der Waals surface area contributed by atoms with Crippen molar-refractivity contribution < 1.29 is 27.1 Å². The molecule has 0 N–H and O–H groups in total. The number of alkyl halides is 3. The Bertz CT molecular complexity index is 969. The number of carbonyl (C=O) groups excluding carboxylic acids is 1. The number of esters is 1. The molecule has 0 atom stereocenters. The molecule has 0 fully saturated rings. The number of carbonyl (C=O) groups is 1. The van der Waals surface area contributed by atoms with E-state index in [-0.39, 0.29) is 11.1 Å². The van der Waals surface area contributed by atoms with E-state index in [1.807, 2.05) is 25.8 Å². The van der Waals surface area contributed by atoms with E-state index in [4.69, 9.17) is 4.74 Å². The first-order valence-electron chi connectivity index (χ1n) is 9.34. The van der Waals surface area contributed by atoms with Crippen LogP contribution in [0.2, 0.25) is 0 Å². The van der Waals surface area contributed by atoms with Gasteiger partial charge in [0.05, 0.1) is 23.2 Å². The average molecular weight is 424 g/mol. The molecule has 2 aromatic carbocycles. The number of rotatable bonds is 6. The third kappa shape index (κ3) is 5.17. The first kappa shape index (κ1) is 23.4. The maximum absolute atomic E-state index is 14.1. The van der Waals surface area contributed by atoms with Crippen molar-refractivity contribution in [2.75, 3.05) is 13.6 Å². The van der Waals surface area contributed by atoms with Gasteiger partial charge in [0.1, 0.15) is 12.4 Å². The monoisotopic (exact) mass is 424 g/mol. The van der Waals surface area contributed by atoms with Gasteiger partial charge in [0, 0.05) is 19.2 Å². The van der Waals surface area contributed by atoms with Crippen LogP contribution in [0.5, 0.6) is 0 Å². The lowest BCUT2D eigenvalue weighted by Gasteiger charge is -2.15. The van der Waals surface area contributed by atoms with Gasteiger partial charge in [0.25, 0.3) is 0 Å². The lowest BCUT2D eigenvalue weighted by atomic mass is 9.97. The first-order valence-corrected chi connectivity index (χ1v) is 9.34. The molecule has 4 nitrogen and oxygen atoms in total. The summed E-state index contributed by atoms with van der Waals surface area (Å²) in [6.07, 6.45) is -3.12. The maximum Gasteiger partial charge on any atom is 0.419 e. The van der Waals surface area contributed by atoms with E-state index in [0.29, 0.717) is 11.6 Å². The third-order valence-corrected chi connectivity index (χ3v) is 4.90. The molecule has 0 radical (unpaired) electrons. The summed E-state index contributed by atoms with van der Waals surface area (Å²) in [5.74, 6) is -2.18. The fourth-order valence-electron chi connectivity index (χ4n) is 2.85. The van der Waals surface area contributed by atoms with Gasteiger partial charge in [-0.25, -0.2) is 14.2 Å². The van der Waals surface area contributed by atoms with Crippen LogP contribution in [-0.2, 0) is 17.5 Å². The fourth-order valence-corrected chi connectivity index (χ4v) is 2.85.